The van der Waals surface area contributed by atoms with Crippen molar-refractivity contribution >= 4 is 0 Å². The molecule has 0 aromatic carbocycles. The fourth-order valence-corrected chi connectivity index (χ4v) is 2.02. The highest BCUT2D eigenvalue weighted by molar-refractivity contribution is 5.02. The molecule has 0 bridgehead atoms. The summed E-state index contributed by atoms with van der Waals surface area (Å²) in [6, 6.07) is 0. The van der Waals surface area contributed by atoms with Crippen molar-refractivity contribution in [2.24, 2.45) is 23.7 Å². The van der Waals surface area contributed by atoms with E-state index in [9.17, 15) is 0 Å². The fraction of sp³-hybridized carbons (Fsp3) is 0.800. The van der Waals surface area contributed by atoms with Gasteiger partial charge in [-0.1, -0.05) is 26.0 Å². The topological polar surface area (TPSA) is 40.5 Å². The second-order valence-corrected chi connectivity index (χ2v) is 3.80. The van der Waals surface area contributed by atoms with E-state index in [4.69, 9.17) is 10.2 Å². The third-order valence-electron chi connectivity index (χ3n) is 3.04. The van der Waals surface area contributed by atoms with Gasteiger partial charge in [0.1, 0.15) is 0 Å². The zero-order chi connectivity index (χ0) is 9.14. The lowest BCUT2D eigenvalue weighted by Crippen LogP contribution is -2.34. The molecular weight excluding hydrogens is 152 g/mol. The van der Waals surface area contributed by atoms with Gasteiger partial charge in [0, 0.05) is 13.2 Å². The van der Waals surface area contributed by atoms with Gasteiger partial charge in [0.05, 0.1) is 0 Å². The van der Waals surface area contributed by atoms with Crippen molar-refractivity contribution in [2.75, 3.05) is 13.2 Å². The van der Waals surface area contributed by atoms with Gasteiger partial charge in [-0.3, -0.25) is 0 Å². The maximum absolute atomic E-state index is 9.14. The number of hydrogen-bond acceptors (Lipinski definition) is 2. The molecule has 0 amide bonds. The Morgan fingerprint density at radius 1 is 0.917 bits per heavy atom. The largest absolute Gasteiger partial charge is 0.396 e. The molecule has 0 spiro atoms. The first kappa shape index (κ1) is 9.75. The molecule has 1 rings (SSSR count). The van der Waals surface area contributed by atoms with Gasteiger partial charge in [-0.15, -0.1) is 0 Å². The van der Waals surface area contributed by atoms with Crippen LogP contribution in [0.3, 0.4) is 0 Å². The van der Waals surface area contributed by atoms with E-state index in [0.29, 0.717) is 11.8 Å². The molecule has 0 aromatic rings. The van der Waals surface area contributed by atoms with Gasteiger partial charge >= 0.3 is 0 Å². The molecule has 4 atom stereocenters. The second-order valence-electron chi connectivity index (χ2n) is 3.80. The van der Waals surface area contributed by atoms with Gasteiger partial charge in [-0.2, -0.15) is 0 Å². The fourth-order valence-electron chi connectivity index (χ4n) is 2.02. The van der Waals surface area contributed by atoms with Crippen LogP contribution in [0.1, 0.15) is 13.8 Å². The van der Waals surface area contributed by atoms with Crippen molar-refractivity contribution in [1.29, 1.82) is 0 Å². The summed E-state index contributed by atoms with van der Waals surface area (Å²) >= 11 is 0. The molecule has 0 saturated heterocycles. The molecule has 70 valence electrons. The molecule has 0 unspecified atom stereocenters. The summed E-state index contributed by atoms with van der Waals surface area (Å²) in [5.74, 6) is 1.25. The third-order valence-corrected chi connectivity index (χ3v) is 3.04. The Hall–Kier alpha value is -0.340. The predicted molar refractivity (Wildman–Crippen MR) is 48.6 cm³/mol. The quantitative estimate of drug-likeness (QED) is 0.608. The van der Waals surface area contributed by atoms with Crippen LogP contribution in [0.4, 0.5) is 0 Å². The standard InChI is InChI=1S/C10H18O2/c1-7-3-4-8(2)10(6-12)9(7)5-11/h3-4,7-12H,5-6H2,1-2H3/t7-,8+,9-,10+. The number of hydrogen-bond donors (Lipinski definition) is 2. The van der Waals surface area contributed by atoms with Crippen molar-refractivity contribution in [3.05, 3.63) is 12.2 Å². The number of allylic oxidation sites excluding steroid dienone is 2. The van der Waals surface area contributed by atoms with Gasteiger partial charge in [0.15, 0.2) is 0 Å². The van der Waals surface area contributed by atoms with Crippen molar-refractivity contribution < 1.29 is 10.2 Å². The average Bonchev–Trinajstić information content (AvgIpc) is 2.08. The molecule has 12 heavy (non-hydrogen) atoms. The highest BCUT2D eigenvalue weighted by Crippen LogP contribution is 2.33. The van der Waals surface area contributed by atoms with Gasteiger partial charge < -0.3 is 10.2 Å². The molecule has 0 saturated carbocycles. The summed E-state index contributed by atoms with van der Waals surface area (Å²) in [5.41, 5.74) is 0. The summed E-state index contributed by atoms with van der Waals surface area (Å²) in [6.45, 7) is 4.54. The lowest BCUT2D eigenvalue weighted by Gasteiger charge is -2.34. The van der Waals surface area contributed by atoms with E-state index in [1.165, 1.54) is 0 Å². The zero-order valence-corrected chi connectivity index (χ0v) is 7.77. The molecule has 2 heteroatoms. The molecular formula is C10H18O2. The Kier molecular flexibility index (Phi) is 3.29. The third kappa shape index (κ3) is 1.70. The van der Waals surface area contributed by atoms with Crippen LogP contribution in [0, 0.1) is 23.7 Å². The molecule has 2 nitrogen and oxygen atoms in total. The van der Waals surface area contributed by atoms with E-state index >= 15 is 0 Å². The van der Waals surface area contributed by atoms with Gasteiger partial charge in [-0.05, 0) is 23.7 Å². The Morgan fingerprint density at radius 3 is 1.50 bits per heavy atom. The van der Waals surface area contributed by atoms with Crippen molar-refractivity contribution in [3.63, 3.8) is 0 Å². The molecule has 0 aliphatic heterocycles. The minimum Gasteiger partial charge on any atom is -0.396 e. The van der Waals surface area contributed by atoms with Crippen LogP contribution in [-0.2, 0) is 0 Å². The first-order valence-electron chi connectivity index (χ1n) is 4.60. The van der Waals surface area contributed by atoms with Crippen molar-refractivity contribution in [2.45, 2.75) is 13.8 Å². The summed E-state index contributed by atoms with van der Waals surface area (Å²) in [6.07, 6.45) is 4.27. The highest BCUT2D eigenvalue weighted by atomic mass is 16.3. The summed E-state index contributed by atoms with van der Waals surface area (Å²) in [5, 5.41) is 18.3. The van der Waals surface area contributed by atoms with Crippen LogP contribution in [0.2, 0.25) is 0 Å². The van der Waals surface area contributed by atoms with Crippen molar-refractivity contribution in [1.82, 2.24) is 0 Å². The Bertz CT molecular complexity index is 147. The highest BCUT2D eigenvalue weighted by Gasteiger charge is 2.30. The predicted octanol–water partition coefficient (Wildman–Crippen LogP) is 1.05. The molecule has 0 radical (unpaired) electrons. The first-order chi connectivity index (χ1) is 5.70. The molecule has 0 fully saturated rings. The van der Waals surface area contributed by atoms with Gasteiger partial charge in [-0.25, -0.2) is 0 Å². The molecule has 0 aromatic heterocycles. The average molecular weight is 170 g/mol. The molecule has 1 aliphatic carbocycles. The van der Waals surface area contributed by atoms with E-state index in [0.717, 1.165) is 0 Å². The monoisotopic (exact) mass is 170 g/mol. The maximum atomic E-state index is 9.14. The Balaban J connectivity index is 2.73. The maximum Gasteiger partial charge on any atom is 0.0468 e. The van der Waals surface area contributed by atoms with Crippen molar-refractivity contribution in [3.8, 4) is 0 Å². The van der Waals surface area contributed by atoms with Crippen LogP contribution in [0.15, 0.2) is 12.2 Å². The van der Waals surface area contributed by atoms with E-state index in [1.807, 2.05) is 0 Å². The van der Waals surface area contributed by atoms with E-state index in [1.54, 1.807) is 0 Å². The molecule has 0 heterocycles. The van der Waals surface area contributed by atoms with Crippen LogP contribution >= 0.6 is 0 Å². The summed E-state index contributed by atoms with van der Waals surface area (Å²) < 4.78 is 0. The van der Waals surface area contributed by atoms with E-state index in [-0.39, 0.29) is 25.0 Å². The Morgan fingerprint density at radius 2 is 1.25 bits per heavy atom. The summed E-state index contributed by atoms with van der Waals surface area (Å²) in [4.78, 5) is 0. The SMILES string of the molecule is C[C@@H]1C=C[C@H](C)[C@H](CO)[C@@H]1CO. The van der Waals surface area contributed by atoms with Crippen LogP contribution in [0.5, 0.6) is 0 Å². The zero-order valence-electron chi connectivity index (χ0n) is 7.77. The number of rotatable bonds is 2. The van der Waals surface area contributed by atoms with Gasteiger partial charge in [0.2, 0.25) is 0 Å². The van der Waals surface area contributed by atoms with Gasteiger partial charge in [0.25, 0.3) is 0 Å². The normalized spacial score (nSPS) is 41.7. The van der Waals surface area contributed by atoms with Crippen LogP contribution < -0.4 is 0 Å². The number of aliphatic hydroxyl groups is 2. The van der Waals surface area contributed by atoms with Crippen LogP contribution in [0.25, 0.3) is 0 Å². The smallest absolute Gasteiger partial charge is 0.0468 e. The molecule has 2 N–H and O–H groups in total. The Labute approximate surface area is 73.9 Å². The van der Waals surface area contributed by atoms with E-state index < -0.39 is 0 Å². The minimum atomic E-state index is 0.182. The van der Waals surface area contributed by atoms with Crippen LogP contribution in [-0.4, -0.2) is 23.4 Å². The summed E-state index contributed by atoms with van der Waals surface area (Å²) in [7, 11) is 0. The van der Waals surface area contributed by atoms with E-state index in [2.05, 4.69) is 26.0 Å². The lowest BCUT2D eigenvalue weighted by atomic mass is 9.72. The minimum absolute atomic E-state index is 0.182. The molecule has 1 aliphatic rings. The first-order valence-corrected chi connectivity index (χ1v) is 4.60. The lowest BCUT2D eigenvalue weighted by molar-refractivity contribution is 0.0694. The number of aliphatic hydroxyl groups excluding tert-OH is 2. The second kappa shape index (κ2) is 4.06.